The fraction of sp³-hybridized carbons (Fsp3) is 0.381. The number of rotatable bonds is 6. The summed E-state index contributed by atoms with van der Waals surface area (Å²) < 4.78 is 16.1. The zero-order valence-corrected chi connectivity index (χ0v) is 17.4. The van der Waals surface area contributed by atoms with E-state index in [2.05, 4.69) is 30.7 Å². The van der Waals surface area contributed by atoms with E-state index in [1.165, 1.54) is 26.8 Å². The van der Waals surface area contributed by atoms with Crippen molar-refractivity contribution in [1.29, 1.82) is 0 Å². The molecule has 150 valence electrons. The number of hydrogen-bond acceptors (Lipinski definition) is 7. The van der Waals surface area contributed by atoms with Gasteiger partial charge in [-0.1, -0.05) is 32.9 Å². The van der Waals surface area contributed by atoms with Gasteiger partial charge in [-0.25, -0.2) is 14.8 Å². The van der Waals surface area contributed by atoms with Crippen molar-refractivity contribution >= 4 is 17.4 Å². The van der Waals surface area contributed by atoms with Gasteiger partial charge in [-0.3, -0.25) is 0 Å². The smallest absolute Gasteiger partial charge is 0.341 e. The van der Waals surface area contributed by atoms with Gasteiger partial charge in [0.05, 0.1) is 26.0 Å². The fourth-order valence-corrected chi connectivity index (χ4v) is 2.59. The third-order valence-corrected chi connectivity index (χ3v) is 4.04. The van der Waals surface area contributed by atoms with Crippen LogP contribution in [0, 0.1) is 0 Å². The van der Waals surface area contributed by atoms with Crippen LogP contribution in [-0.2, 0) is 19.7 Å². The summed E-state index contributed by atoms with van der Waals surface area (Å²) in [6.07, 6.45) is 2.69. The molecule has 0 saturated carbocycles. The van der Waals surface area contributed by atoms with E-state index in [1.54, 1.807) is 4.90 Å². The zero-order chi connectivity index (χ0) is 20.9. The van der Waals surface area contributed by atoms with Crippen molar-refractivity contribution in [3.8, 4) is 11.6 Å². The van der Waals surface area contributed by atoms with E-state index in [0.717, 1.165) is 5.56 Å². The number of carbonyl (C=O) groups excluding carboxylic acids is 1. The molecule has 0 aliphatic carbocycles. The average molecular weight is 385 g/mol. The van der Waals surface area contributed by atoms with Crippen LogP contribution < -0.4 is 9.64 Å². The second-order valence-electron chi connectivity index (χ2n) is 7.41. The first-order chi connectivity index (χ1) is 13.2. The summed E-state index contributed by atoms with van der Waals surface area (Å²) in [5, 5.41) is 0. The van der Waals surface area contributed by atoms with Crippen LogP contribution in [-0.4, -0.2) is 44.3 Å². The molecule has 1 aromatic carbocycles. The van der Waals surface area contributed by atoms with Gasteiger partial charge in [0, 0.05) is 14.1 Å². The van der Waals surface area contributed by atoms with Gasteiger partial charge in [0.1, 0.15) is 23.5 Å². The molecule has 0 unspecified atom stereocenters. The average Bonchev–Trinajstić information content (AvgIpc) is 2.65. The molecule has 1 heterocycles. The monoisotopic (exact) mass is 385 g/mol. The lowest BCUT2D eigenvalue weighted by Crippen LogP contribution is -2.17. The van der Waals surface area contributed by atoms with Crippen molar-refractivity contribution in [2.24, 2.45) is 0 Å². The summed E-state index contributed by atoms with van der Waals surface area (Å²) in [6, 6.07) is 7.77. The molecule has 2 aromatic rings. The number of esters is 1. The Balaban J connectivity index is 2.61. The number of anilines is 1. The molecule has 7 heteroatoms. The predicted octanol–water partition coefficient (Wildman–Crippen LogP) is 3.79. The molecule has 0 fully saturated rings. The summed E-state index contributed by atoms with van der Waals surface area (Å²) in [7, 11) is 6.39. The fourth-order valence-electron chi connectivity index (χ4n) is 2.59. The van der Waals surface area contributed by atoms with Crippen molar-refractivity contribution in [3.05, 3.63) is 48.0 Å². The molecule has 2 rings (SSSR count). The van der Waals surface area contributed by atoms with Crippen LogP contribution >= 0.6 is 0 Å². The maximum atomic E-state index is 12.4. The maximum Gasteiger partial charge on any atom is 0.341 e. The van der Waals surface area contributed by atoms with Gasteiger partial charge in [0.2, 0.25) is 5.88 Å². The molecule has 0 bridgehead atoms. The van der Waals surface area contributed by atoms with Gasteiger partial charge in [-0.15, -0.1) is 0 Å². The van der Waals surface area contributed by atoms with Crippen molar-refractivity contribution < 1.29 is 19.0 Å². The van der Waals surface area contributed by atoms with Crippen LogP contribution in [0.1, 0.15) is 31.9 Å². The summed E-state index contributed by atoms with van der Waals surface area (Å²) in [5.41, 5.74) is 1.64. The minimum absolute atomic E-state index is 0.0319. The van der Waals surface area contributed by atoms with Gasteiger partial charge in [0.25, 0.3) is 0 Å². The zero-order valence-electron chi connectivity index (χ0n) is 17.4. The normalized spacial score (nSPS) is 11.8. The molecular weight excluding hydrogens is 358 g/mol. The van der Waals surface area contributed by atoms with Gasteiger partial charge in [-0.05, 0) is 23.1 Å². The van der Waals surface area contributed by atoms with Crippen LogP contribution in [0.2, 0.25) is 0 Å². The lowest BCUT2D eigenvalue weighted by molar-refractivity contribution is -0.133. The van der Waals surface area contributed by atoms with E-state index >= 15 is 0 Å². The van der Waals surface area contributed by atoms with Crippen LogP contribution in [0.15, 0.2) is 36.9 Å². The summed E-state index contributed by atoms with van der Waals surface area (Å²) in [5.74, 6) is 0.774. The number of hydrogen-bond donors (Lipinski definition) is 0. The van der Waals surface area contributed by atoms with Crippen LogP contribution in [0.25, 0.3) is 5.57 Å². The molecular formula is C21H27N3O4. The van der Waals surface area contributed by atoms with E-state index in [1.807, 2.05) is 38.4 Å². The number of benzene rings is 1. The number of methoxy groups -OCH3 is 2. The lowest BCUT2D eigenvalue weighted by Gasteiger charge is -2.21. The minimum Gasteiger partial charge on any atom is -0.503 e. The van der Waals surface area contributed by atoms with Gasteiger partial charge >= 0.3 is 5.97 Å². The molecule has 28 heavy (non-hydrogen) atoms. The minimum atomic E-state index is -0.576. The number of ether oxygens (including phenoxy) is 3. The van der Waals surface area contributed by atoms with Gasteiger partial charge in [0.15, 0.2) is 0 Å². The molecule has 0 N–H and O–H groups in total. The van der Waals surface area contributed by atoms with E-state index in [-0.39, 0.29) is 16.9 Å². The van der Waals surface area contributed by atoms with Crippen molar-refractivity contribution in [2.75, 3.05) is 33.2 Å². The Morgan fingerprint density at radius 2 is 1.86 bits per heavy atom. The second-order valence-corrected chi connectivity index (χ2v) is 7.41. The third kappa shape index (κ3) is 4.79. The Morgan fingerprint density at radius 3 is 2.43 bits per heavy atom. The highest BCUT2D eigenvalue weighted by molar-refractivity contribution is 6.18. The van der Waals surface area contributed by atoms with E-state index < -0.39 is 5.97 Å². The largest absolute Gasteiger partial charge is 0.503 e. The molecule has 0 aliphatic heterocycles. The molecule has 1 aromatic heterocycles. The van der Waals surface area contributed by atoms with E-state index in [9.17, 15) is 4.79 Å². The van der Waals surface area contributed by atoms with Crippen molar-refractivity contribution in [2.45, 2.75) is 26.2 Å². The van der Waals surface area contributed by atoms with E-state index in [4.69, 9.17) is 14.2 Å². The van der Waals surface area contributed by atoms with Crippen molar-refractivity contribution in [3.63, 3.8) is 0 Å². The quantitative estimate of drug-likeness (QED) is 0.425. The van der Waals surface area contributed by atoms with Gasteiger partial charge in [-0.2, -0.15) is 0 Å². The number of nitrogens with zero attached hydrogens (tertiary/aromatic N) is 3. The summed E-state index contributed by atoms with van der Waals surface area (Å²) in [6.45, 7) is 6.38. The number of aromatic nitrogens is 2. The highest BCUT2D eigenvalue weighted by Crippen LogP contribution is 2.35. The Kier molecular flexibility index (Phi) is 6.62. The molecule has 0 spiro atoms. The predicted molar refractivity (Wildman–Crippen MR) is 109 cm³/mol. The molecule has 0 atom stereocenters. The Labute approximate surface area is 166 Å². The lowest BCUT2D eigenvalue weighted by atomic mass is 9.87. The summed E-state index contributed by atoms with van der Waals surface area (Å²) in [4.78, 5) is 22.7. The summed E-state index contributed by atoms with van der Waals surface area (Å²) >= 11 is 0. The van der Waals surface area contributed by atoms with Crippen LogP contribution in [0.3, 0.4) is 0 Å². The van der Waals surface area contributed by atoms with Crippen LogP contribution in [0.4, 0.5) is 5.82 Å². The highest BCUT2D eigenvalue weighted by atomic mass is 16.5. The highest BCUT2D eigenvalue weighted by Gasteiger charge is 2.25. The second kappa shape index (κ2) is 8.73. The van der Waals surface area contributed by atoms with Crippen molar-refractivity contribution in [1.82, 2.24) is 9.97 Å². The first kappa shape index (κ1) is 21.2. The molecule has 7 nitrogen and oxygen atoms in total. The Hall–Kier alpha value is -3.09. The molecule has 0 radical (unpaired) electrons. The molecule has 0 aliphatic rings. The van der Waals surface area contributed by atoms with Crippen LogP contribution in [0.5, 0.6) is 11.6 Å². The van der Waals surface area contributed by atoms with E-state index in [0.29, 0.717) is 17.1 Å². The standard InChI is InChI=1S/C21H27N3O4/c1-21(2,3)14-9-8-10-15(11-14)28-19-17(16(12-26-6)20(25)27-7)18(24(4)5)22-13-23-19/h8-13H,1-7H3. The van der Waals surface area contributed by atoms with Gasteiger partial charge < -0.3 is 19.1 Å². The molecule has 0 amide bonds. The topological polar surface area (TPSA) is 73.8 Å². The maximum absolute atomic E-state index is 12.4. The Bertz CT molecular complexity index is 870. The third-order valence-electron chi connectivity index (χ3n) is 4.04. The Morgan fingerprint density at radius 1 is 1.14 bits per heavy atom. The SMILES string of the molecule is COC=C(C(=O)OC)c1c(Oc2cccc(C(C)(C)C)c2)ncnc1N(C)C. The number of carbonyl (C=O) groups is 1. The first-order valence-electron chi connectivity index (χ1n) is 8.81. The molecule has 0 saturated heterocycles. The first-order valence-corrected chi connectivity index (χ1v) is 8.81.